The van der Waals surface area contributed by atoms with E-state index >= 15 is 9.59 Å². The number of carbonyl (C=O) groups excluding carboxylic acids is 7. The molecule has 7 amide bonds. The Morgan fingerprint density at radius 1 is 0.390 bits per heavy atom. The first-order valence-corrected chi connectivity index (χ1v) is 27.7. The van der Waals surface area contributed by atoms with Crippen LogP contribution < -0.4 is 11.1 Å². The van der Waals surface area contributed by atoms with Crippen molar-refractivity contribution in [2.75, 3.05) is 45.8 Å². The van der Waals surface area contributed by atoms with Gasteiger partial charge in [0.1, 0.15) is 32.7 Å². The monoisotopic (exact) mass is 1110 g/mol. The maximum atomic E-state index is 15.1. The summed E-state index contributed by atoms with van der Waals surface area (Å²) in [5.74, 6) is -3.76. The molecule has 7 rings (SSSR count). The predicted molar refractivity (Wildman–Crippen MR) is 313 cm³/mol. The van der Waals surface area contributed by atoms with Crippen LogP contribution in [0.1, 0.15) is 73.9 Å². The van der Waals surface area contributed by atoms with Gasteiger partial charge in [0, 0.05) is 56.4 Å². The Labute approximate surface area is 481 Å². The van der Waals surface area contributed by atoms with Crippen molar-refractivity contribution >= 4 is 41.4 Å². The van der Waals surface area contributed by atoms with E-state index in [1.807, 2.05) is 210 Å². The van der Waals surface area contributed by atoms with Gasteiger partial charge in [-0.25, -0.2) is 0 Å². The number of amides is 7. The summed E-state index contributed by atoms with van der Waals surface area (Å²) in [5.41, 5.74) is 8.95. The second-order valence-electron chi connectivity index (χ2n) is 22.3. The van der Waals surface area contributed by atoms with E-state index in [0.29, 0.717) is 24.0 Å². The lowest BCUT2D eigenvalue weighted by Gasteiger charge is -2.51. The number of primary amides is 1. The summed E-state index contributed by atoms with van der Waals surface area (Å²) in [6.07, 6.45) is 1.16. The number of nitrogens with one attached hydrogen (secondary N) is 1. The Bertz CT molecular complexity index is 3030. The quantitative estimate of drug-likeness (QED) is 0.0502. The predicted octanol–water partition coefficient (Wildman–Crippen LogP) is 6.64. The number of nitrogens with two attached hydrogens (primary N) is 1. The zero-order valence-electron chi connectivity index (χ0n) is 47.5. The average molecular weight is 1110 g/mol. The number of hydrogen-bond donors (Lipinski definition) is 3. The highest BCUT2D eigenvalue weighted by molar-refractivity contribution is 5.93. The Kier molecular flexibility index (Phi) is 21.8. The molecule has 430 valence electrons. The molecule has 0 bridgehead atoms. The van der Waals surface area contributed by atoms with Crippen LogP contribution >= 0.6 is 0 Å². The number of rotatable bonds is 27. The van der Waals surface area contributed by atoms with Gasteiger partial charge in [-0.2, -0.15) is 5.06 Å². The lowest BCUT2D eigenvalue weighted by Crippen LogP contribution is -2.63. The smallest absolute Gasteiger partial charge is 0.242 e. The van der Waals surface area contributed by atoms with E-state index in [1.54, 1.807) is 0 Å². The van der Waals surface area contributed by atoms with Crippen LogP contribution in [0, 0.1) is 0 Å². The van der Waals surface area contributed by atoms with Crippen molar-refractivity contribution in [3.05, 3.63) is 215 Å². The molecule has 6 aromatic carbocycles. The molecule has 82 heavy (non-hydrogen) atoms. The maximum absolute atomic E-state index is 15.1. The van der Waals surface area contributed by atoms with Crippen molar-refractivity contribution in [2.45, 2.75) is 96.9 Å². The normalized spacial score (nSPS) is 13.8. The minimum atomic E-state index is -0.722. The molecule has 0 spiro atoms. The van der Waals surface area contributed by atoms with Crippen molar-refractivity contribution in [1.82, 2.24) is 39.8 Å². The summed E-state index contributed by atoms with van der Waals surface area (Å²) < 4.78 is 0. The first-order valence-electron chi connectivity index (χ1n) is 27.7. The first kappa shape index (κ1) is 61.1. The fourth-order valence-corrected chi connectivity index (χ4v) is 10.5. The Morgan fingerprint density at radius 3 is 0.817 bits per heavy atom. The molecule has 17 heteroatoms. The van der Waals surface area contributed by atoms with Crippen LogP contribution in [0.5, 0.6) is 0 Å². The molecule has 0 atom stereocenters. The van der Waals surface area contributed by atoms with E-state index in [2.05, 4.69) is 5.32 Å². The highest BCUT2D eigenvalue weighted by Gasteiger charge is 2.45. The number of hydrogen-bond acceptors (Lipinski definition) is 10. The van der Waals surface area contributed by atoms with Crippen LogP contribution in [0.15, 0.2) is 182 Å². The Morgan fingerprint density at radius 2 is 0.598 bits per heavy atom. The third-order valence-corrected chi connectivity index (χ3v) is 14.6. The lowest BCUT2D eigenvalue weighted by atomic mass is 9.79. The minimum absolute atomic E-state index is 0.00397. The number of hydroxylamine groups is 2. The van der Waals surface area contributed by atoms with Gasteiger partial charge in [-0.1, -0.05) is 182 Å². The van der Waals surface area contributed by atoms with Crippen molar-refractivity contribution in [3.8, 4) is 0 Å². The summed E-state index contributed by atoms with van der Waals surface area (Å²) in [5, 5.41) is 15.8. The van der Waals surface area contributed by atoms with Crippen LogP contribution in [-0.4, -0.2) is 144 Å². The lowest BCUT2D eigenvalue weighted by molar-refractivity contribution is -0.246. The van der Waals surface area contributed by atoms with Gasteiger partial charge in [0.15, 0.2) is 0 Å². The third kappa shape index (κ3) is 18.5. The van der Waals surface area contributed by atoms with Crippen molar-refractivity contribution in [3.63, 3.8) is 0 Å². The molecular weight excluding hydrogens is 1030 g/mol. The van der Waals surface area contributed by atoms with Crippen LogP contribution in [-0.2, 0) is 72.8 Å². The van der Waals surface area contributed by atoms with Gasteiger partial charge in [0.2, 0.25) is 41.4 Å². The van der Waals surface area contributed by atoms with Crippen molar-refractivity contribution in [1.29, 1.82) is 0 Å². The first-order chi connectivity index (χ1) is 39.3. The topological polar surface area (TPSA) is 200 Å². The molecule has 4 N–H and O–H groups in total. The molecule has 6 aromatic rings. The zero-order chi connectivity index (χ0) is 58.7. The van der Waals surface area contributed by atoms with Gasteiger partial charge >= 0.3 is 0 Å². The molecule has 1 heterocycles. The zero-order valence-corrected chi connectivity index (χ0v) is 47.5. The van der Waals surface area contributed by atoms with E-state index in [1.165, 1.54) is 34.5 Å². The van der Waals surface area contributed by atoms with E-state index in [9.17, 15) is 29.2 Å². The van der Waals surface area contributed by atoms with Gasteiger partial charge < -0.3 is 45.7 Å². The summed E-state index contributed by atoms with van der Waals surface area (Å²) in [6.45, 7) is 5.30. The van der Waals surface area contributed by atoms with Crippen LogP contribution in [0.4, 0.5) is 0 Å². The van der Waals surface area contributed by atoms with E-state index < -0.39 is 72.7 Å². The van der Waals surface area contributed by atoms with Gasteiger partial charge in [0.05, 0.1) is 13.1 Å². The molecule has 1 fully saturated rings. The molecule has 0 unspecified atom stereocenters. The molecule has 0 saturated carbocycles. The number of piperidine rings is 1. The average Bonchev–Trinajstić information content (AvgIpc) is 3.57. The molecule has 0 aromatic heterocycles. The summed E-state index contributed by atoms with van der Waals surface area (Å²) in [6, 6.07) is 55.0. The molecule has 17 nitrogen and oxygen atoms in total. The second kappa shape index (κ2) is 29.3. The summed E-state index contributed by atoms with van der Waals surface area (Å²) in [4.78, 5) is 109. The minimum Gasteiger partial charge on any atom is -0.368 e. The van der Waals surface area contributed by atoms with E-state index in [4.69, 9.17) is 5.73 Å². The van der Waals surface area contributed by atoms with Crippen LogP contribution in [0.3, 0.4) is 0 Å². The maximum Gasteiger partial charge on any atom is 0.242 e. The van der Waals surface area contributed by atoms with Crippen LogP contribution in [0.2, 0.25) is 0 Å². The number of nitrogens with zero attached hydrogens (tertiary/aromatic N) is 7. The standard InChI is InChI=1S/C65H77N9O8/c1-64(2)35-56(36-65(3,4)74(64)82)67-37-58(76)69(39-51-25-13-6-14-26-51)45-60(78)71(41-53-29-17-8-18-30-53)47-62(80)73(43-55-33-21-10-22-34-55)49-63(81)72(42-54-31-19-9-20-32-54)48-61(79)70(40-52-27-15-7-16-28-52)46-59(77)68(44-57(66)75)38-50-23-11-5-12-24-50/h5-34,56,67,82H,35-49H2,1-4H3,(H2,66,75). The summed E-state index contributed by atoms with van der Waals surface area (Å²) in [7, 11) is 0. The summed E-state index contributed by atoms with van der Waals surface area (Å²) >= 11 is 0. The van der Waals surface area contributed by atoms with E-state index in [-0.39, 0.29) is 70.9 Å². The SMILES string of the molecule is CC1(C)CC(NCC(=O)N(CC(=O)N(CC(=O)N(CC(=O)N(CC(=O)N(CC(=O)N(CC(N)=O)Cc2ccccc2)Cc2ccccc2)Cc2ccccc2)Cc2ccccc2)Cc2ccccc2)Cc2ccccc2)CC(C)(C)N1O. The van der Waals surface area contributed by atoms with Crippen molar-refractivity contribution in [2.24, 2.45) is 5.73 Å². The van der Waals surface area contributed by atoms with Crippen LogP contribution in [0.25, 0.3) is 0 Å². The Balaban J connectivity index is 1.15. The van der Waals surface area contributed by atoms with Gasteiger partial charge in [-0.05, 0) is 73.9 Å². The second-order valence-corrected chi connectivity index (χ2v) is 22.3. The fourth-order valence-electron chi connectivity index (χ4n) is 10.5. The molecule has 1 aliphatic rings. The molecule has 0 radical (unpaired) electrons. The fraction of sp³-hybridized carbons (Fsp3) is 0.338. The highest BCUT2D eigenvalue weighted by Crippen LogP contribution is 2.36. The molecule has 1 aliphatic heterocycles. The molecular formula is C65H77N9O8. The van der Waals surface area contributed by atoms with Gasteiger partial charge in [-0.15, -0.1) is 0 Å². The largest absolute Gasteiger partial charge is 0.368 e. The van der Waals surface area contributed by atoms with Crippen molar-refractivity contribution < 1.29 is 38.8 Å². The number of carbonyl (C=O) groups is 7. The number of benzene rings is 6. The van der Waals surface area contributed by atoms with Gasteiger partial charge in [0.25, 0.3) is 0 Å². The Hall–Kier alpha value is -8.51. The third-order valence-electron chi connectivity index (χ3n) is 14.6. The molecule has 0 aliphatic carbocycles. The molecule has 1 saturated heterocycles. The van der Waals surface area contributed by atoms with E-state index in [0.717, 1.165) is 22.3 Å². The van der Waals surface area contributed by atoms with Gasteiger partial charge in [-0.3, -0.25) is 33.6 Å². The highest BCUT2D eigenvalue weighted by atomic mass is 16.5.